The number of hydrogen-bond acceptors (Lipinski definition) is 11. The van der Waals surface area contributed by atoms with Crippen molar-refractivity contribution in [2.45, 2.75) is 99.8 Å². The van der Waals surface area contributed by atoms with E-state index in [1.54, 1.807) is 38.1 Å². The maximum atomic E-state index is 13.8. The van der Waals surface area contributed by atoms with Crippen LogP contribution < -0.4 is 24.3 Å². The number of urea groups is 1. The second-order valence-corrected chi connectivity index (χ2v) is 17.5. The second-order valence-electron chi connectivity index (χ2n) is 16.9. The topological polar surface area (TPSA) is 151 Å². The predicted molar refractivity (Wildman–Crippen MR) is 244 cm³/mol. The molecule has 1 unspecified atom stereocenters. The highest BCUT2D eigenvalue weighted by atomic mass is 79.9. The molecule has 1 saturated heterocycles. The Hall–Kier alpha value is -6.38. The molecule has 7 rings (SSSR count). The number of ether oxygens (including phenoxy) is 6. The molecule has 2 aromatic heterocycles. The number of methoxy groups -OCH3 is 1. The molecule has 2 N–H and O–H groups in total. The van der Waals surface area contributed by atoms with Gasteiger partial charge in [0.05, 0.1) is 17.9 Å². The summed E-state index contributed by atoms with van der Waals surface area (Å²) in [6.07, 6.45) is -19.8. The van der Waals surface area contributed by atoms with Crippen molar-refractivity contribution < 1.29 is 95.8 Å². The molecule has 0 radical (unpaired) electrons. The van der Waals surface area contributed by atoms with E-state index in [0.29, 0.717) is 64.9 Å². The molecular weight excluding hydrogens is 1100 g/mol. The summed E-state index contributed by atoms with van der Waals surface area (Å²) in [5.41, 5.74) is -12.1. The van der Waals surface area contributed by atoms with Gasteiger partial charge in [-0.2, -0.15) is 52.7 Å². The first kappa shape index (κ1) is 57.9. The molecule has 2 aliphatic rings. The summed E-state index contributed by atoms with van der Waals surface area (Å²) in [6, 6.07) is 14.7. The first-order valence-electron chi connectivity index (χ1n) is 22.3. The number of carbonyl (C=O) groups excluding carboxylic acids is 2. The minimum Gasteiger partial charge on any atom is -0.457 e. The number of nitrogens with zero attached hydrogens (tertiary/aromatic N) is 3. The Bertz CT molecular complexity index is 2820. The number of hydrogen-bond donors (Lipinski definition) is 2. The van der Waals surface area contributed by atoms with E-state index >= 15 is 0 Å². The fourth-order valence-corrected chi connectivity index (χ4v) is 8.27. The van der Waals surface area contributed by atoms with Crippen molar-refractivity contribution in [2.24, 2.45) is 0 Å². The molecule has 0 spiro atoms. The molecule has 3 amide bonds. The summed E-state index contributed by atoms with van der Waals surface area (Å²) in [4.78, 5) is 35.5. The average Bonchev–Trinajstić information content (AvgIpc) is 3.89. The molecule has 0 aliphatic carbocycles. The Morgan fingerprint density at radius 1 is 0.693 bits per heavy atom. The Kier molecular flexibility index (Phi) is 17.3. The summed E-state index contributed by atoms with van der Waals surface area (Å²) in [6.45, 7) is 3.50. The van der Waals surface area contributed by atoms with Crippen LogP contribution in [-0.4, -0.2) is 77.3 Å². The van der Waals surface area contributed by atoms with Gasteiger partial charge in [-0.3, -0.25) is 19.7 Å². The summed E-state index contributed by atoms with van der Waals surface area (Å²) in [5, 5.41) is 12.9. The van der Waals surface area contributed by atoms with Crippen molar-refractivity contribution in [3.05, 3.63) is 130 Å². The summed E-state index contributed by atoms with van der Waals surface area (Å²) >= 11 is 3.25. The van der Waals surface area contributed by atoms with Gasteiger partial charge >= 0.3 is 30.7 Å². The number of halogens is 13. The Morgan fingerprint density at radius 2 is 1.21 bits per heavy atom. The zero-order chi connectivity index (χ0) is 55.4. The molecule has 5 aromatic rings. The first-order chi connectivity index (χ1) is 35.1. The standard InChI is InChI=1S/C29H25F6N3O6.C20H20BrF6NO3/c1-3-4-16-11-18(27(41,28(30,31)32)29(33,34)35)6-7-21(16)44-20-9-10-36-19(13-20)14-38-24(39)26(2,37-25(38)40)17-5-8-22-23(12-17)43-15-42-22;1-3-4-13-9-14(18(19(22,23)24,20(25,26)27)30-12-29-2)5-6-17(13)31-16-7-8-28-15(10-16)11-21/h5-13,41H,3-4,14-15H2,1-2H3,(H,37,40);5-10H,3-4,11-12H2,1-2H3. The van der Waals surface area contributed by atoms with Crippen LogP contribution in [0.15, 0.2) is 91.3 Å². The van der Waals surface area contributed by atoms with E-state index in [1.165, 1.54) is 37.5 Å². The fourth-order valence-electron chi connectivity index (χ4n) is 7.96. The molecule has 0 bridgehead atoms. The molecule has 2 aliphatic heterocycles. The molecule has 26 heteroatoms. The van der Waals surface area contributed by atoms with Gasteiger partial charge in [0.1, 0.15) is 35.3 Å². The number of rotatable bonds is 17. The largest absolute Gasteiger partial charge is 0.457 e. The van der Waals surface area contributed by atoms with Crippen LogP contribution in [0.2, 0.25) is 0 Å². The molecular formula is C49H45BrF12N4O9. The molecule has 75 heavy (non-hydrogen) atoms. The van der Waals surface area contributed by atoms with Gasteiger partial charge in [0, 0.05) is 48.1 Å². The number of pyridine rings is 2. The number of benzene rings is 3. The molecule has 3 aromatic carbocycles. The van der Waals surface area contributed by atoms with Gasteiger partial charge in [0.15, 0.2) is 11.5 Å². The van der Waals surface area contributed by atoms with Gasteiger partial charge < -0.3 is 38.8 Å². The number of imide groups is 1. The third-order valence-corrected chi connectivity index (χ3v) is 12.3. The van der Waals surface area contributed by atoms with Crippen LogP contribution in [0, 0.1) is 0 Å². The van der Waals surface area contributed by atoms with E-state index in [2.05, 4.69) is 40.7 Å². The zero-order valence-electron chi connectivity index (χ0n) is 39.8. The number of aliphatic hydroxyl groups is 1. The molecule has 13 nitrogen and oxygen atoms in total. The smallest absolute Gasteiger partial charge is 0.430 e. The minimum atomic E-state index is -6.03. The summed E-state index contributed by atoms with van der Waals surface area (Å²) in [7, 11) is 0.937. The van der Waals surface area contributed by atoms with Crippen LogP contribution in [0.25, 0.3) is 0 Å². The number of amides is 3. The van der Waals surface area contributed by atoms with E-state index < -0.39 is 71.3 Å². The monoisotopic (exact) mass is 1140 g/mol. The van der Waals surface area contributed by atoms with Crippen LogP contribution in [-0.2, 0) is 55.7 Å². The van der Waals surface area contributed by atoms with Crippen molar-refractivity contribution in [3.8, 4) is 34.5 Å². The Balaban J connectivity index is 0.000000260. The normalized spacial score (nSPS) is 16.2. The van der Waals surface area contributed by atoms with Crippen molar-refractivity contribution >= 4 is 27.9 Å². The third kappa shape index (κ3) is 11.9. The average molecular weight is 1140 g/mol. The quantitative estimate of drug-likeness (QED) is 0.0396. The maximum absolute atomic E-state index is 13.8. The number of aromatic nitrogens is 2. The lowest BCUT2D eigenvalue weighted by atomic mass is 9.89. The number of aryl methyl sites for hydroxylation is 2. The van der Waals surface area contributed by atoms with Crippen LogP contribution in [0.4, 0.5) is 57.5 Å². The zero-order valence-corrected chi connectivity index (χ0v) is 41.4. The van der Waals surface area contributed by atoms with E-state index in [9.17, 15) is 67.4 Å². The molecule has 0 saturated carbocycles. The lowest BCUT2D eigenvalue weighted by molar-refractivity contribution is -0.400. The summed E-state index contributed by atoms with van der Waals surface area (Å²) in [5.74, 6) is 0.882. The van der Waals surface area contributed by atoms with Crippen molar-refractivity contribution in [2.75, 3.05) is 20.7 Å². The number of nitrogens with one attached hydrogen (secondary N) is 1. The maximum Gasteiger partial charge on any atom is 0.430 e. The predicted octanol–water partition coefficient (Wildman–Crippen LogP) is 12.5. The molecule has 4 heterocycles. The lowest BCUT2D eigenvalue weighted by Gasteiger charge is -2.37. The van der Waals surface area contributed by atoms with E-state index in [1.807, 2.05) is 0 Å². The van der Waals surface area contributed by atoms with Crippen LogP contribution >= 0.6 is 15.9 Å². The van der Waals surface area contributed by atoms with Crippen molar-refractivity contribution in [3.63, 3.8) is 0 Å². The number of carbonyl (C=O) groups is 2. The van der Waals surface area contributed by atoms with Crippen molar-refractivity contribution in [1.29, 1.82) is 0 Å². The highest BCUT2D eigenvalue weighted by Crippen LogP contribution is 2.54. The van der Waals surface area contributed by atoms with Gasteiger partial charge in [-0.15, -0.1) is 0 Å². The third-order valence-electron chi connectivity index (χ3n) is 11.7. The highest BCUT2D eigenvalue weighted by Gasteiger charge is 2.74. The molecule has 1 fully saturated rings. The van der Waals surface area contributed by atoms with Gasteiger partial charge in [-0.05, 0) is 85.0 Å². The van der Waals surface area contributed by atoms with Gasteiger partial charge in [-0.1, -0.05) is 60.8 Å². The second kappa shape index (κ2) is 22.5. The van der Waals surface area contributed by atoms with Crippen LogP contribution in [0.3, 0.4) is 0 Å². The van der Waals surface area contributed by atoms with Gasteiger partial charge in [-0.25, -0.2) is 4.79 Å². The Morgan fingerprint density at radius 3 is 1.73 bits per heavy atom. The summed E-state index contributed by atoms with van der Waals surface area (Å²) < 4.78 is 194. The van der Waals surface area contributed by atoms with Crippen molar-refractivity contribution in [1.82, 2.24) is 20.2 Å². The van der Waals surface area contributed by atoms with Gasteiger partial charge in [0.2, 0.25) is 6.79 Å². The number of fused-ring (bicyclic) bond motifs is 1. The Labute approximate surface area is 428 Å². The molecule has 1 atom stereocenters. The highest BCUT2D eigenvalue weighted by molar-refractivity contribution is 9.08. The lowest BCUT2D eigenvalue weighted by Crippen LogP contribution is -2.56. The minimum absolute atomic E-state index is 0.0103. The first-order valence-corrected chi connectivity index (χ1v) is 23.4. The number of alkyl halides is 13. The van der Waals surface area contributed by atoms with E-state index in [-0.39, 0.29) is 60.2 Å². The fraction of sp³-hybridized carbons (Fsp3) is 0.388. The van der Waals surface area contributed by atoms with Crippen LogP contribution in [0.5, 0.6) is 34.5 Å². The van der Waals surface area contributed by atoms with Crippen LogP contribution in [0.1, 0.15) is 72.8 Å². The van der Waals surface area contributed by atoms with E-state index in [4.69, 9.17) is 18.9 Å². The SMILES string of the molecule is CCCc1cc(C(O)(C(F)(F)F)C(F)(F)F)ccc1Oc1ccnc(CN2C(=O)NC(C)(c3ccc4c(c3)OCO4)C2=O)c1.CCCc1cc(C(OCOC)(C(F)(F)F)C(F)(F)F)ccc1Oc1ccnc(CBr)c1. The molecule has 406 valence electrons. The van der Waals surface area contributed by atoms with Gasteiger partial charge in [0.25, 0.3) is 17.1 Å². The van der Waals surface area contributed by atoms with E-state index in [0.717, 1.165) is 30.2 Å².